The minimum Gasteiger partial charge on any atom is -0.376 e. The summed E-state index contributed by atoms with van der Waals surface area (Å²) in [6.45, 7) is 5.34. The summed E-state index contributed by atoms with van der Waals surface area (Å²) in [4.78, 5) is 19.8. The molecule has 4 nitrogen and oxygen atoms in total. The number of aromatic nitrogens is 1. The lowest BCUT2D eigenvalue weighted by molar-refractivity contribution is -0.118. The van der Waals surface area contributed by atoms with Crippen molar-refractivity contribution in [3.8, 4) is 0 Å². The monoisotopic (exact) mass is 414 g/mol. The quantitative estimate of drug-likeness (QED) is 0.567. The summed E-state index contributed by atoms with van der Waals surface area (Å²) in [6.07, 6.45) is 2.41. The van der Waals surface area contributed by atoms with Gasteiger partial charge >= 0.3 is 0 Å². The Bertz CT molecular complexity index is 972. The van der Waals surface area contributed by atoms with Gasteiger partial charge in [-0.2, -0.15) is 0 Å². The summed E-state index contributed by atoms with van der Waals surface area (Å²) in [5.74, 6) is 0.0360. The van der Waals surface area contributed by atoms with E-state index in [1.54, 1.807) is 4.90 Å². The number of amides is 1. The minimum atomic E-state index is 0.0360. The van der Waals surface area contributed by atoms with Crippen LogP contribution in [-0.2, 0) is 16.0 Å². The first kappa shape index (κ1) is 19.4. The molecule has 1 unspecified atom stereocenters. The zero-order valence-corrected chi connectivity index (χ0v) is 17.6. The summed E-state index contributed by atoms with van der Waals surface area (Å²) >= 11 is 7.86. The second-order valence-corrected chi connectivity index (χ2v) is 8.73. The Labute approximate surface area is 174 Å². The van der Waals surface area contributed by atoms with Gasteiger partial charge in [0, 0.05) is 6.61 Å². The highest BCUT2D eigenvalue weighted by Gasteiger charge is 2.26. The third-order valence-electron chi connectivity index (χ3n) is 5.07. The number of hydrogen-bond acceptors (Lipinski definition) is 4. The number of aryl methyl sites for hydroxylation is 2. The van der Waals surface area contributed by atoms with E-state index in [1.165, 1.54) is 11.3 Å². The molecule has 1 saturated heterocycles. The minimum absolute atomic E-state index is 0.0360. The molecule has 146 valence electrons. The molecule has 1 aromatic heterocycles. The first-order valence-electron chi connectivity index (χ1n) is 9.54. The number of hydrogen-bond donors (Lipinski definition) is 0. The summed E-state index contributed by atoms with van der Waals surface area (Å²) in [5, 5.41) is 1.37. The van der Waals surface area contributed by atoms with Crippen molar-refractivity contribution in [2.24, 2.45) is 0 Å². The molecular weight excluding hydrogens is 392 g/mol. The predicted molar refractivity (Wildman–Crippen MR) is 116 cm³/mol. The SMILES string of the molecule is Cc1cccc(CC(=O)N(CC2CCCO2)c2nc3c(C)ccc(Cl)c3s2)c1. The van der Waals surface area contributed by atoms with Gasteiger partial charge in [0.2, 0.25) is 5.91 Å². The third kappa shape index (κ3) is 4.07. The third-order valence-corrected chi connectivity index (χ3v) is 6.60. The fraction of sp³-hybridized carbons (Fsp3) is 0.364. The highest BCUT2D eigenvalue weighted by molar-refractivity contribution is 7.23. The van der Waals surface area contributed by atoms with Gasteiger partial charge in [-0.05, 0) is 43.9 Å². The molecule has 3 aromatic rings. The zero-order chi connectivity index (χ0) is 19.7. The van der Waals surface area contributed by atoms with Crippen LogP contribution in [0.5, 0.6) is 0 Å². The Kier molecular flexibility index (Phi) is 5.67. The molecule has 1 aliphatic heterocycles. The molecule has 2 heterocycles. The van der Waals surface area contributed by atoms with Crippen LogP contribution in [-0.4, -0.2) is 30.1 Å². The van der Waals surface area contributed by atoms with Crippen molar-refractivity contribution >= 4 is 44.2 Å². The standard InChI is InChI=1S/C22H23ClN2O2S/c1-14-5-3-6-16(11-14)12-19(26)25(13-17-7-4-10-27-17)22-24-20-15(2)8-9-18(23)21(20)28-22/h3,5-6,8-9,11,17H,4,7,10,12-13H2,1-2H3. The van der Waals surface area contributed by atoms with Crippen LogP contribution in [0.4, 0.5) is 5.13 Å². The Balaban J connectivity index is 1.67. The average molecular weight is 415 g/mol. The number of carbonyl (C=O) groups excluding carboxylic acids is 1. The summed E-state index contributed by atoms with van der Waals surface area (Å²) in [6, 6.07) is 11.9. The van der Waals surface area contributed by atoms with Gasteiger partial charge in [-0.3, -0.25) is 9.69 Å². The largest absolute Gasteiger partial charge is 0.376 e. The Hall–Kier alpha value is -1.95. The molecule has 0 aliphatic carbocycles. The van der Waals surface area contributed by atoms with Crippen molar-refractivity contribution in [1.82, 2.24) is 4.98 Å². The van der Waals surface area contributed by atoms with Crippen LogP contribution in [0.3, 0.4) is 0 Å². The number of fused-ring (bicyclic) bond motifs is 1. The molecule has 0 spiro atoms. The molecule has 1 amide bonds. The second-order valence-electron chi connectivity index (χ2n) is 7.34. The molecular formula is C22H23ClN2O2S. The second kappa shape index (κ2) is 8.19. The number of thiazole rings is 1. The number of halogens is 1. The van der Waals surface area contributed by atoms with Crippen LogP contribution in [0.15, 0.2) is 36.4 Å². The van der Waals surface area contributed by atoms with E-state index in [1.807, 2.05) is 44.2 Å². The molecule has 0 N–H and O–H groups in total. The van der Waals surface area contributed by atoms with Gasteiger partial charge in [0.25, 0.3) is 0 Å². The van der Waals surface area contributed by atoms with Gasteiger partial charge in [-0.1, -0.05) is 58.8 Å². The lowest BCUT2D eigenvalue weighted by atomic mass is 10.1. The number of ether oxygens (including phenoxy) is 1. The first-order chi connectivity index (χ1) is 13.5. The van der Waals surface area contributed by atoms with E-state index < -0.39 is 0 Å². The van der Waals surface area contributed by atoms with Gasteiger partial charge < -0.3 is 4.74 Å². The van der Waals surface area contributed by atoms with Crippen molar-refractivity contribution in [3.63, 3.8) is 0 Å². The van der Waals surface area contributed by atoms with Crippen molar-refractivity contribution in [1.29, 1.82) is 0 Å². The molecule has 1 fully saturated rings. The maximum atomic E-state index is 13.3. The molecule has 6 heteroatoms. The highest BCUT2D eigenvalue weighted by Crippen LogP contribution is 2.36. The smallest absolute Gasteiger partial charge is 0.233 e. The molecule has 0 bridgehead atoms. The average Bonchev–Trinajstić information content (AvgIpc) is 3.33. The van der Waals surface area contributed by atoms with Gasteiger partial charge in [0.05, 0.1) is 34.3 Å². The van der Waals surface area contributed by atoms with Gasteiger partial charge in [0.1, 0.15) is 0 Å². The number of benzene rings is 2. The van der Waals surface area contributed by atoms with Crippen LogP contribution >= 0.6 is 22.9 Å². The first-order valence-corrected chi connectivity index (χ1v) is 10.7. The molecule has 2 aromatic carbocycles. The van der Waals surface area contributed by atoms with E-state index >= 15 is 0 Å². The predicted octanol–water partition coefficient (Wildman–Crippen LogP) is 5.32. The van der Waals surface area contributed by atoms with E-state index in [9.17, 15) is 4.79 Å². The normalized spacial score (nSPS) is 16.6. The topological polar surface area (TPSA) is 42.4 Å². The van der Waals surface area contributed by atoms with E-state index in [0.29, 0.717) is 23.1 Å². The van der Waals surface area contributed by atoms with Crippen molar-refractivity contribution in [2.45, 2.75) is 39.2 Å². The Morgan fingerprint density at radius 3 is 2.89 bits per heavy atom. The molecule has 0 radical (unpaired) electrons. The maximum absolute atomic E-state index is 13.3. The number of nitrogens with zero attached hydrogens (tertiary/aromatic N) is 2. The summed E-state index contributed by atoms with van der Waals surface area (Å²) < 4.78 is 6.73. The fourth-order valence-electron chi connectivity index (χ4n) is 3.58. The van der Waals surface area contributed by atoms with Gasteiger partial charge in [-0.15, -0.1) is 0 Å². The van der Waals surface area contributed by atoms with Crippen molar-refractivity contribution in [2.75, 3.05) is 18.1 Å². The van der Waals surface area contributed by atoms with Crippen LogP contribution in [0.2, 0.25) is 5.02 Å². The zero-order valence-electron chi connectivity index (χ0n) is 16.1. The highest BCUT2D eigenvalue weighted by atomic mass is 35.5. The van der Waals surface area contributed by atoms with Crippen LogP contribution in [0, 0.1) is 13.8 Å². The molecule has 28 heavy (non-hydrogen) atoms. The summed E-state index contributed by atoms with van der Waals surface area (Å²) in [7, 11) is 0. The van der Waals surface area contributed by atoms with Crippen LogP contribution in [0.1, 0.15) is 29.5 Å². The van der Waals surface area contributed by atoms with E-state index in [0.717, 1.165) is 46.4 Å². The molecule has 1 atom stereocenters. The number of anilines is 1. The lowest BCUT2D eigenvalue weighted by Gasteiger charge is -2.23. The van der Waals surface area contributed by atoms with Crippen LogP contribution < -0.4 is 4.90 Å². The molecule has 0 saturated carbocycles. The van der Waals surface area contributed by atoms with Crippen molar-refractivity contribution < 1.29 is 9.53 Å². The lowest BCUT2D eigenvalue weighted by Crippen LogP contribution is -2.38. The Morgan fingerprint density at radius 2 is 2.18 bits per heavy atom. The Morgan fingerprint density at radius 1 is 1.32 bits per heavy atom. The number of carbonyl (C=O) groups is 1. The van der Waals surface area contributed by atoms with Crippen molar-refractivity contribution in [3.05, 3.63) is 58.1 Å². The van der Waals surface area contributed by atoms with Gasteiger partial charge in [-0.25, -0.2) is 4.98 Å². The number of rotatable bonds is 5. The maximum Gasteiger partial charge on any atom is 0.233 e. The fourth-order valence-corrected chi connectivity index (χ4v) is 4.92. The van der Waals surface area contributed by atoms with Gasteiger partial charge in [0.15, 0.2) is 5.13 Å². The van der Waals surface area contributed by atoms with E-state index in [-0.39, 0.29) is 12.0 Å². The van der Waals surface area contributed by atoms with E-state index in [4.69, 9.17) is 21.3 Å². The molecule has 4 rings (SSSR count). The van der Waals surface area contributed by atoms with Crippen LogP contribution in [0.25, 0.3) is 10.2 Å². The van der Waals surface area contributed by atoms with E-state index in [2.05, 4.69) is 6.07 Å². The summed E-state index contributed by atoms with van der Waals surface area (Å²) in [5.41, 5.74) is 4.09. The molecule has 1 aliphatic rings.